The van der Waals surface area contributed by atoms with Gasteiger partial charge in [-0.15, -0.1) is 0 Å². The van der Waals surface area contributed by atoms with Crippen LogP contribution in [0.1, 0.15) is 13.8 Å². The second-order valence-electron chi connectivity index (χ2n) is 3.18. The quantitative estimate of drug-likeness (QED) is 0.739. The molecule has 0 radical (unpaired) electrons. The topological polar surface area (TPSA) is 39.1 Å². The lowest BCUT2D eigenvalue weighted by atomic mass is 10.3. The maximum absolute atomic E-state index is 12.1. The van der Waals surface area contributed by atoms with Crippen LogP contribution in [0, 0.1) is 11.3 Å². The van der Waals surface area contributed by atoms with Crippen molar-refractivity contribution in [2.45, 2.75) is 26.1 Å². The van der Waals surface area contributed by atoms with Gasteiger partial charge in [0.05, 0.1) is 12.6 Å². The molecule has 0 bridgehead atoms. The summed E-state index contributed by atoms with van der Waals surface area (Å²) in [5, 5.41) is 11.5. The summed E-state index contributed by atoms with van der Waals surface area (Å²) in [6.07, 6.45) is -4.21. The molecule has 1 atom stereocenters. The first-order valence-electron chi connectivity index (χ1n) is 4.85. The maximum atomic E-state index is 12.1. The van der Waals surface area contributed by atoms with Crippen molar-refractivity contribution in [2.75, 3.05) is 26.2 Å². The molecule has 0 saturated heterocycles. The van der Waals surface area contributed by atoms with Gasteiger partial charge in [-0.25, -0.2) is 0 Å². The average Bonchev–Trinajstić information content (AvgIpc) is 2.13. The zero-order chi connectivity index (χ0) is 11.9. The van der Waals surface area contributed by atoms with E-state index in [9.17, 15) is 13.2 Å². The van der Waals surface area contributed by atoms with E-state index < -0.39 is 18.8 Å². The second kappa shape index (κ2) is 6.64. The minimum absolute atomic E-state index is 0.0976. The largest absolute Gasteiger partial charge is 0.401 e. The highest BCUT2D eigenvalue weighted by Crippen LogP contribution is 2.16. The van der Waals surface area contributed by atoms with Crippen molar-refractivity contribution in [3.63, 3.8) is 0 Å². The lowest BCUT2D eigenvalue weighted by Crippen LogP contribution is -2.43. The summed E-state index contributed by atoms with van der Waals surface area (Å²) in [5.41, 5.74) is 0. The first-order valence-corrected chi connectivity index (χ1v) is 4.85. The van der Waals surface area contributed by atoms with Gasteiger partial charge >= 0.3 is 6.18 Å². The Morgan fingerprint density at radius 2 is 2.00 bits per heavy atom. The number of rotatable bonds is 6. The molecule has 0 aromatic carbocycles. The zero-order valence-electron chi connectivity index (χ0n) is 8.93. The molecule has 0 saturated carbocycles. The van der Waals surface area contributed by atoms with Gasteiger partial charge in [0.25, 0.3) is 0 Å². The minimum Gasteiger partial charge on any atom is -0.301 e. The normalized spacial score (nSPS) is 13.9. The van der Waals surface area contributed by atoms with Crippen LogP contribution in [0.25, 0.3) is 0 Å². The number of hydrogen-bond donors (Lipinski definition) is 1. The molecule has 0 spiro atoms. The van der Waals surface area contributed by atoms with E-state index in [1.807, 2.05) is 13.0 Å². The van der Waals surface area contributed by atoms with Crippen molar-refractivity contribution in [1.29, 1.82) is 5.26 Å². The Labute approximate surface area is 87.9 Å². The molecule has 0 amide bonds. The Balaban J connectivity index is 4.14. The predicted octanol–water partition coefficient (Wildman–Crippen LogP) is 1.37. The van der Waals surface area contributed by atoms with Gasteiger partial charge in [-0.2, -0.15) is 18.4 Å². The van der Waals surface area contributed by atoms with E-state index in [0.717, 1.165) is 0 Å². The fourth-order valence-electron chi connectivity index (χ4n) is 1.21. The SMILES string of the molecule is CCNC(C#N)CN(CC)CC(F)(F)F. The lowest BCUT2D eigenvalue weighted by Gasteiger charge is -2.24. The van der Waals surface area contributed by atoms with Gasteiger partial charge in [0.1, 0.15) is 6.04 Å². The Morgan fingerprint density at radius 3 is 2.33 bits per heavy atom. The van der Waals surface area contributed by atoms with Crippen molar-refractivity contribution in [1.82, 2.24) is 10.2 Å². The fourth-order valence-corrected chi connectivity index (χ4v) is 1.21. The molecule has 0 aliphatic heterocycles. The Morgan fingerprint density at radius 1 is 1.40 bits per heavy atom. The van der Waals surface area contributed by atoms with Gasteiger partial charge in [0.15, 0.2) is 0 Å². The summed E-state index contributed by atoms with van der Waals surface area (Å²) >= 11 is 0. The average molecular weight is 223 g/mol. The summed E-state index contributed by atoms with van der Waals surface area (Å²) in [5.74, 6) is 0. The van der Waals surface area contributed by atoms with Crippen molar-refractivity contribution in [2.24, 2.45) is 0 Å². The molecule has 88 valence electrons. The van der Waals surface area contributed by atoms with Crippen molar-refractivity contribution >= 4 is 0 Å². The van der Waals surface area contributed by atoms with Crippen LogP contribution in [0.15, 0.2) is 0 Å². The first-order chi connectivity index (χ1) is 6.92. The van der Waals surface area contributed by atoms with Gasteiger partial charge in [0.2, 0.25) is 0 Å². The molecular weight excluding hydrogens is 207 g/mol. The number of nitrogens with zero attached hydrogens (tertiary/aromatic N) is 2. The van der Waals surface area contributed by atoms with Crippen LogP contribution in [0.4, 0.5) is 13.2 Å². The van der Waals surface area contributed by atoms with E-state index in [2.05, 4.69) is 5.32 Å². The van der Waals surface area contributed by atoms with Gasteiger partial charge in [-0.3, -0.25) is 4.90 Å². The van der Waals surface area contributed by atoms with Crippen LogP contribution in [0.3, 0.4) is 0 Å². The van der Waals surface area contributed by atoms with E-state index in [1.54, 1.807) is 6.92 Å². The summed E-state index contributed by atoms with van der Waals surface area (Å²) < 4.78 is 36.3. The maximum Gasteiger partial charge on any atom is 0.401 e. The van der Waals surface area contributed by atoms with E-state index in [4.69, 9.17) is 5.26 Å². The van der Waals surface area contributed by atoms with E-state index in [1.165, 1.54) is 4.90 Å². The van der Waals surface area contributed by atoms with Crippen LogP contribution >= 0.6 is 0 Å². The molecule has 0 fully saturated rings. The number of halogens is 3. The van der Waals surface area contributed by atoms with E-state index in [-0.39, 0.29) is 13.1 Å². The standard InChI is InChI=1S/C9H16F3N3/c1-3-14-8(5-13)6-15(4-2)7-9(10,11)12/h8,14H,3-4,6-7H2,1-2H3. The van der Waals surface area contributed by atoms with E-state index in [0.29, 0.717) is 6.54 Å². The van der Waals surface area contributed by atoms with Crippen molar-refractivity contribution in [3.05, 3.63) is 0 Å². The van der Waals surface area contributed by atoms with Crippen LogP contribution in [0.5, 0.6) is 0 Å². The number of likely N-dealkylation sites (N-methyl/N-ethyl adjacent to an activating group) is 2. The number of nitrogens with one attached hydrogen (secondary N) is 1. The minimum atomic E-state index is -4.21. The number of nitriles is 1. The molecule has 0 aromatic rings. The highest BCUT2D eigenvalue weighted by atomic mass is 19.4. The number of alkyl halides is 3. The predicted molar refractivity (Wildman–Crippen MR) is 51.2 cm³/mol. The molecule has 6 heteroatoms. The smallest absolute Gasteiger partial charge is 0.301 e. The third kappa shape index (κ3) is 7.17. The molecule has 3 nitrogen and oxygen atoms in total. The molecule has 0 aromatic heterocycles. The third-order valence-corrected chi connectivity index (χ3v) is 1.90. The molecule has 0 heterocycles. The highest BCUT2D eigenvalue weighted by Gasteiger charge is 2.30. The Hall–Kier alpha value is -0.800. The molecule has 0 aliphatic carbocycles. The molecular formula is C9H16F3N3. The van der Waals surface area contributed by atoms with Gasteiger partial charge in [0, 0.05) is 6.54 Å². The van der Waals surface area contributed by atoms with Crippen molar-refractivity contribution < 1.29 is 13.2 Å². The lowest BCUT2D eigenvalue weighted by molar-refractivity contribution is -0.145. The summed E-state index contributed by atoms with van der Waals surface area (Å²) in [7, 11) is 0. The molecule has 1 N–H and O–H groups in total. The van der Waals surface area contributed by atoms with Crippen molar-refractivity contribution in [3.8, 4) is 6.07 Å². The van der Waals surface area contributed by atoms with Gasteiger partial charge in [-0.1, -0.05) is 13.8 Å². The number of hydrogen-bond acceptors (Lipinski definition) is 3. The zero-order valence-corrected chi connectivity index (χ0v) is 8.93. The molecule has 1 unspecified atom stereocenters. The third-order valence-electron chi connectivity index (χ3n) is 1.90. The van der Waals surface area contributed by atoms with Crippen LogP contribution < -0.4 is 5.32 Å². The van der Waals surface area contributed by atoms with Crippen LogP contribution in [-0.2, 0) is 0 Å². The highest BCUT2D eigenvalue weighted by molar-refractivity contribution is 4.91. The fraction of sp³-hybridized carbons (Fsp3) is 0.889. The van der Waals surface area contributed by atoms with E-state index >= 15 is 0 Å². The molecule has 15 heavy (non-hydrogen) atoms. The van der Waals surface area contributed by atoms with Gasteiger partial charge in [-0.05, 0) is 13.1 Å². The summed E-state index contributed by atoms with van der Waals surface area (Å²) in [6.45, 7) is 3.44. The van der Waals surface area contributed by atoms with Crippen LogP contribution in [0.2, 0.25) is 0 Å². The summed E-state index contributed by atoms with van der Waals surface area (Å²) in [4.78, 5) is 1.20. The second-order valence-corrected chi connectivity index (χ2v) is 3.18. The first kappa shape index (κ1) is 14.2. The Kier molecular flexibility index (Phi) is 6.29. The molecule has 0 rings (SSSR count). The summed E-state index contributed by atoms with van der Waals surface area (Å²) in [6, 6.07) is 1.39. The Bertz CT molecular complexity index is 210. The van der Waals surface area contributed by atoms with Gasteiger partial charge < -0.3 is 5.32 Å². The van der Waals surface area contributed by atoms with Crippen LogP contribution in [-0.4, -0.2) is 43.3 Å². The molecule has 0 aliphatic rings. The monoisotopic (exact) mass is 223 g/mol.